The van der Waals surface area contributed by atoms with Crippen molar-refractivity contribution in [2.45, 2.75) is 110 Å². The second-order valence-electron chi connectivity index (χ2n) is 19.9. The van der Waals surface area contributed by atoms with E-state index in [4.69, 9.17) is 4.74 Å². The molecule has 12 aliphatic carbocycles. The first-order valence-electron chi connectivity index (χ1n) is 21.4. The van der Waals surface area contributed by atoms with Crippen LogP contribution in [0.1, 0.15) is 154 Å². The number of benzene rings is 6. The van der Waals surface area contributed by atoms with Crippen LogP contribution >= 0.6 is 0 Å². The lowest BCUT2D eigenvalue weighted by Crippen LogP contribution is -2.27. The molecule has 2 nitrogen and oxygen atoms in total. The summed E-state index contributed by atoms with van der Waals surface area (Å²) < 4.78 is 5.33. The third kappa shape index (κ3) is 1.88. The molecule has 54 heavy (non-hydrogen) atoms. The number of allylic oxidation sites excluding steroid dienone is 4. The summed E-state index contributed by atoms with van der Waals surface area (Å²) in [5, 5.41) is 13.7. The van der Waals surface area contributed by atoms with Gasteiger partial charge in [-0.3, -0.25) is 4.79 Å². The molecule has 2 heteroatoms. The summed E-state index contributed by atoms with van der Waals surface area (Å²) in [6.07, 6.45) is 15.8. The van der Waals surface area contributed by atoms with Gasteiger partial charge in [0.05, 0.1) is 7.11 Å². The number of methoxy groups -OCH3 is 1. The number of esters is 1. The van der Waals surface area contributed by atoms with Gasteiger partial charge in [0.25, 0.3) is 0 Å². The minimum atomic E-state index is -0.160. The molecule has 9 unspecified atom stereocenters. The first kappa shape index (κ1) is 26.2. The smallest absolute Gasteiger partial charge is 0.305 e. The molecule has 0 radical (unpaired) electrons. The molecule has 12 aliphatic rings. The minimum absolute atomic E-state index is 0.0716. The van der Waals surface area contributed by atoms with Crippen molar-refractivity contribution in [3.63, 3.8) is 0 Å². The molecule has 2 spiro atoms. The van der Waals surface area contributed by atoms with Crippen LogP contribution in [0, 0.1) is 0 Å². The zero-order valence-electron chi connectivity index (χ0n) is 30.3. The molecular formula is C52H36O2. The first-order valence-corrected chi connectivity index (χ1v) is 21.4. The Morgan fingerprint density at radius 2 is 1.31 bits per heavy atom. The maximum absolute atomic E-state index is 13.0. The fraction of sp³-hybridized carbons (Fsp3) is 0.365. The lowest BCUT2D eigenvalue weighted by Gasteiger charge is -2.36. The Morgan fingerprint density at radius 3 is 2.11 bits per heavy atom. The number of carbonyl (C=O) groups is 1. The number of hydrogen-bond donors (Lipinski definition) is 0. The second kappa shape index (κ2) is 7.23. The normalized spacial score (nSPS) is 36.5. The van der Waals surface area contributed by atoms with E-state index in [1.807, 2.05) is 27.8 Å². The van der Waals surface area contributed by atoms with Gasteiger partial charge in [-0.2, -0.15) is 0 Å². The topological polar surface area (TPSA) is 26.3 Å². The van der Waals surface area contributed by atoms with Crippen LogP contribution in [-0.4, -0.2) is 13.1 Å². The van der Waals surface area contributed by atoms with Gasteiger partial charge < -0.3 is 4.74 Å². The van der Waals surface area contributed by atoms with E-state index in [-0.39, 0.29) is 22.2 Å². The van der Waals surface area contributed by atoms with Crippen molar-refractivity contribution in [1.82, 2.24) is 0 Å². The van der Waals surface area contributed by atoms with Gasteiger partial charge >= 0.3 is 5.97 Å². The average molecular weight is 693 g/mol. The molecule has 1 fully saturated rings. The predicted octanol–water partition coefficient (Wildman–Crippen LogP) is 11.7. The molecule has 18 rings (SSSR count). The quantitative estimate of drug-likeness (QED) is 0.133. The maximum Gasteiger partial charge on any atom is 0.305 e. The number of hydrogen-bond acceptors (Lipinski definition) is 2. The molecule has 1 saturated carbocycles. The van der Waals surface area contributed by atoms with Crippen LogP contribution in [0.2, 0.25) is 0 Å². The molecule has 9 atom stereocenters. The lowest BCUT2D eigenvalue weighted by molar-refractivity contribution is -0.140. The summed E-state index contributed by atoms with van der Waals surface area (Å²) in [5.41, 5.74) is 25.5. The highest BCUT2D eigenvalue weighted by Gasteiger charge is 2.95. The molecule has 0 saturated heterocycles. The van der Waals surface area contributed by atoms with E-state index in [0.29, 0.717) is 30.1 Å². The zero-order valence-corrected chi connectivity index (χ0v) is 30.3. The Morgan fingerprint density at radius 1 is 0.630 bits per heavy atom. The van der Waals surface area contributed by atoms with Crippen LogP contribution in [-0.2, 0) is 25.8 Å². The molecule has 256 valence electrons. The fourth-order valence-corrected chi connectivity index (χ4v) is 19.0. The minimum Gasteiger partial charge on any atom is -0.469 e. The summed E-state index contributed by atoms with van der Waals surface area (Å²) in [6.45, 7) is 0. The van der Waals surface area contributed by atoms with E-state index in [1.165, 1.54) is 49.7 Å². The molecule has 6 aromatic rings. The van der Waals surface area contributed by atoms with Gasteiger partial charge in [0.1, 0.15) is 0 Å². The van der Waals surface area contributed by atoms with Crippen LogP contribution in [0.5, 0.6) is 0 Å². The Balaban J connectivity index is 1.15. The van der Waals surface area contributed by atoms with Gasteiger partial charge in [-0.25, -0.2) is 0 Å². The molecule has 0 amide bonds. The van der Waals surface area contributed by atoms with Crippen molar-refractivity contribution in [1.29, 1.82) is 0 Å². The van der Waals surface area contributed by atoms with E-state index in [9.17, 15) is 4.79 Å². The van der Waals surface area contributed by atoms with Gasteiger partial charge in [-0.1, -0.05) is 54.6 Å². The second-order valence-corrected chi connectivity index (χ2v) is 19.9. The van der Waals surface area contributed by atoms with Crippen molar-refractivity contribution in [3.05, 3.63) is 121 Å². The lowest BCUT2D eigenvalue weighted by atomic mass is 9.67. The van der Waals surface area contributed by atoms with Gasteiger partial charge in [-0.15, -0.1) is 0 Å². The summed E-state index contributed by atoms with van der Waals surface area (Å²) in [4.78, 5) is 13.0. The standard InChI is InChI=1S/C52H36O2/c1-54-31(53)8-5-19-50(20-6-3-2-4-7-20)51-29-17-18-30-28-16-14-26-24-12-10-22-21-9-11-23-25-13-15-27(29)38-36(25)41-34(23)32(21)40-33(22)35(24)42-37(26)39(28)49(52(30,50)51)47-45(42)43(40)44(41)46(47)48(38)51/h2-4,6-7,13,15,17-18,21-24,26,28H,5,8-12,14,16,19H2,1H3. The number of fused-ring (bicyclic) bond motifs is 5. The van der Waals surface area contributed by atoms with Gasteiger partial charge in [0.2, 0.25) is 0 Å². The van der Waals surface area contributed by atoms with Crippen molar-refractivity contribution >= 4 is 54.6 Å². The van der Waals surface area contributed by atoms with E-state index < -0.39 is 0 Å². The van der Waals surface area contributed by atoms with Crippen LogP contribution in [0.4, 0.5) is 0 Å². The van der Waals surface area contributed by atoms with Crippen LogP contribution in [0.15, 0.2) is 60.2 Å². The van der Waals surface area contributed by atoms with Crippen LogP contribution in [0.3, 0.4) is 0 Å². The summed E-state index contributed by atoms with van der Waals surface area (Å²) in [5.74, 6) is 3.82. The molecule has 0 aliphatic heterocycles. The Labute approximate surface area is 312 Å². The Hall–Kier alpha value is -4.69. The number of carbonyl (C=O) groups excluding carboxylic acids is 1. The van der Waals surface area contributed by atoms with Gasteiger partial charge in [-0.05, 0) is 202 Å². The molecular weight excluding hydrogens is 657 g/mol. The highest BCUT2D eigenvalue weighted by atomic mass is 16.5. The van der Waals surface area contributed by atoms with E-state index in [2.05, 4.69) is 54.6 Å². The third-order valence-electron chi connectivity index (χ3n) is 19.5. The van der Waals surface area contributed by atoms with Crippen molar-refractivity contribution in [2.24, 2.45) is 0 Å². The zero-order chi connectivity index (χ0) is 34.3. The Bertz CT molecular complexity index is 3250. The molecule has 6 aromatic carbocycles. The van der Waals surface area contributed by atoms with Gasteiger partial charge in [0.15, 0.2) is 0 Å². The highest BCUT2D eigenvalue weighted by molar-refractivity contribution is 6.44. The number of rotatable bonds is 5. The molecule has 0 heterocycles. The maximum atomic E-state index is 13.0. The van der Waals surface area contributed by atoms with E-state index in [0.717, 1.165) is 24.7 Å². The van der Waals surface area contributed by atoms with Crippen molar-refractivity contribution < 1.29 is 9.53 Å². The summed E-state index contributed by atoms with van der Waals surface area (Å²) in [6, 6.07) is 17.1. The largest absolute Gasteiger partial charge is 0.469 e. The highest BCUT2D eigenvalue weighted by Crippen LogP contribution is 2.97. The predicted molar refractivity (Wildman–Crippen MR) is 212 cm³/mol. The molecule has 0 bridgehead atoms. The van der Waals surface area contributed by atoms with Gasteiger partial charge in [0, 0.05) is 34.5 Å². The SMILES string of the molecule is COC(=O)CCCC1(c2ccccc2)C23C4=CC=C5c6ccc7c8c6c(c6c9c8c8c%10c%11c%12c%13c%14c%15c(c2c-6c%14c%119)C4CCC%15C%13CCC%12C%10CCC78)C513. The third-order valence-corrected chi connectivity index (χ3v) is 19.5. The average Bonchev–Trinajstić information content (AvgIpc) is 3.86. The Kier molecular flexibility index (Phi) is 3.50. The number of ether oxygens (including phenoxy) is 1. The van der Waals surface area contributed by atoms with E-state index in [1.54, 1.807) is 94.7 Å². The molecule has 0 N–H and O–H groups in total. The monoisotopic (exact) mass is 692 g/mol. The van der Waals surface area contributed by atoms with E-state index >= 15 is 0 Å². The first-order chi connectivity index (χ1) is 26.7. The van der Waals surface area contributed by atoms with Crippen molar-refractivity contribution in [2.75, 3.05) is 7.11 Å². The van der Waals surface area contributed by atoms with Crippen LogP contribution in [0.25, 0.3) is 59.8 Å². The summed E-state index contributed by atoms with van der Waals surface area (Å²) >= 11 is 0. The fourth-order valence-electron chi connectivity index (χ4n) is 19.0. The molecule has 0 aromatic heterocycles. The summed E-state index contributed by atoms with van der Waals surface area (Å²) in [7, 11) is 1.56. The van der Waals surface area contributed by atoms with Crippen LogP contribution < -0.4 is 0 Å². The van der Waals surface area contributed by atoms with Crippen molar-refractivity contribution in [3.8, 4) is 11.1 Å².